The number of nitrogens with zero attached hydrogens (tertiary/aromatic N) is 4. The summed E-state index contributed by atoms with van der Waals surface area (Å²) in [5, 5.41) is 0. The van der Waals surface area contributed by atoms with Crippen molar-refractivity contribution in [3.8, 4) is 46.0 Å². The number of piperidine rings is 8. The van der Waals surface area contributed by atoms with Gasteiger partial charge >= 0.3 is 0 Å². The number of likely N-dealkylation sites (tertiary alicyclic amines) is 8. The molecule has 12 rings (SSSR count). The van der Waals surface area contributed by atoms with Crippen molar-refractivity contribution in [3.05, 3.63) is 95.1 Å². The normalized spacial score (nSPS) is 19.6. The fourth-order valence-electron chi connectivity index (χ4n) is 21.0. The van der Waals surface area contributed by atoms with Gasteiger partial charge in [0.25, 0.3) is 0 Å². The van der Waals surface area contributed by atoms with Gasteiger partial charge in [-0.05, 0) is 430 Å². The van der Waals surface area contributed by atoms with Crippen LogP contribution in [0.3, 0.4) is 0 Å². The van der Waals surface area contributed by atoms with E-state index in [0.717, 1.165) is 176 Å². The maximum Gasteiger partial charge on any atom is 0.161 e. The third-order valence-electron chi connectivity index (χ3n) is 29.5. The summed E-state index contributed by atoms with van der Waals surface area (Å²) in [6, 6.07) is 27.1. The second kappa shape index (κ2) is 60.8. The van der Waals surface area contributed by atoms with Crippen molar-refractivity contribution in [1.82, 2.24) is 19.6 Å². The number of quaternary nitrogens is 4. The number of hydrogen-bond acceptors (Lipinski definition) is 12. The van der Waals surface area contributed by atoms with Gasteiger partial charge in [0.1, 0.15) is 0 Å². The first kappa shape index (κ1) is 99.5. The van der Waals surface area contributed by atoms with E-state index in [4.69, 9.17) is 37.9 Å². The Hall–Kier alpha value is -5.04. The van der Waals surface area contributed by atoms with Crippen LogP contribution in [0.5, 0.6) is 46.0 Å². The first-order valence-corrected chi connectivity index (χ1v) is 53.0. The van der Waals surface area contributed by atoms with Crippen LogP contribution in [0.15, 0.2) is 72.8 Å². The molecule has 16 nitrogen and oxygen atoms in total. The minimum Gasteiger partial charge on any atom is -0.490 e. The zero-order valence-corrected chi connectivity index (χ0v) is 80.0. The van der Waals surface area contributed by atoms with Gasteiger partial charge in [-0.1, -0.05) is 77.6 Å². The Morgan fingerprint density at radius 3 is 0.589 bits per heavy atom. The van der Waals surface area contributed by atoms with Crippen LogP contribution in [0.25, 0.3) is 0 Å². The van der Waals surface area contributed by atoms with E-state index >= 15 is 0 Å². The molecule has 0 unspecified atom stereocenters. The number of hydrogen-bond donors (Lipinski definition) is 4. The lowest BCUT2D eigenvalue weighted by molar-refractivity contribution is -0.905. The van der Waals surface area contributed by atoms with Gasteiger partial charge in [0, 0.05) is 0 Å². The molecule has 0 amide bonds. The number of nitrogens with one attached hydrogen (secondary N) is 4. The van der Waals surface area contributed by atoms with E-state index < -0.39 is 0 Å². The van der Waals surface area contributed by atoms with Crippen molar-refractivity contribution in [2.24, 2.45) is 23.7 Å². The molecule has 8 saturated heterocycles. The second-order valence-electron chi connectivity index (χ2n) is 40.1. The standard InChI is InChI=1S/2C54H90N4O4/c2*1-47(43-49-23-25-51(59-39-19-15-35-55-27-7-3-8-28-55)53(45-49)61-41-21-17-37-57-31-11-5-12-32-57)48(2)44-50-24-26-52(60-40-20-16-36-56-29-9-4-10-30-56)54(46-50)62-42-22-18-38-58-33-13-6-14-34-58/h2*23-26,45-48H,3-22,27-44H2,1-2H3/p+4/t2*47-,48+. The Bertz CT molecular complexity index is 2930. The minimum atomic E-state index is 0.504. The molecule has 4 N–H and O–H groups in total. The monoisotopic (exact) mass is 1720 g/mol. The molecule has 8 fully saturated rings. The molecule has 0 aliphatic carbocycles. The predicted molar refractivity (Wildman–Crippen MR) is 514 cm³/mol. The second-order valence-corrected chi connectivity index (χ2v) is 40.1. The SMILES string of the molecule is C[C@H](Cc1ccc(OCCCCN2CCCCC2)c(OCCCCN2CCCCC2)c1)[C@@H](C)Cc1ccc(OCCCCN2CCCCC2)c(OCCCCN2CCCCC2)c1.C[C@H](Cc1ccc(OCCCC[NH+]2CCCCC2)c(OCCCC[NH+]2CCCCC2)c1)[C@@H](C)Cc1ccc(OCCCC[NH+]2CCCCC2)c(OCCCC[NH+]2CCCCC2)c1. The molecule has 0 saturated carbocycles. The molecule has 16 heteroatoms. The number of rotatable bonds is 58. The Labute approximate surface area is 757 Å². The summed E-state index contributed by atoms with van der Waals surface area (Å²) >= 11 is 0. The zero-order valence-electron chi connectivity index (χ0n) is 80.0. The van der Waals surface area contributed by atoms with E-state index in [1.807, 2.05) is 0 Å². The molecule has 8 aliphatic heterocycles. The van der Waals surface area contributed by atoms with Gasteiger partial charge in [-0.2, -0.15) is 0 Å². The van der Waals surface area contributed by atoms with Crippen molar-refractivity contribution in [3.63, 3.8) is 0 Å². The summed E-state index contributed by atoms with van der Waals surface area (Å²) in [4.78, 5) is 17.7. The summed E-state index contributed by atoms with van der Waals surface area (Å²) in [5.74, 6) is 9.43. The number of unbranched alkanes of at least 4 members (excludes halogenated alkanes) is 8. The van der Waals surface area contributed by atoms with Crippen LogP contribution in [-0.4, -0.2) is 230 Å². The van der Waals surface area contributed by atoms with E-state index in [-0.39, 0.29) is 0 Å². The highest BCUT2D eigenvalue weighted by Gasteiger charge is 2.25. The minimum absolute atomic E-state index is 0.504. The largest absolute Gasteiger partial charge is 0.490 e. The average Bonchev–Trinajstić information content (AvgIpc) is 0.851. The molecular formula is C108H184N8O8+4. The van der Waals surface area contributed by atoms with Crippen molar-refractivity contribution >= 4 is 0 Å². The Kier molecular flexibility index (Phi) is 48.8. The van der Waals surface area contributed by atoms with E-state index in [2.05, 4.69) is 120 Å². The van der Waals surface area contributed by atoms with E-state index in [0.29, 0.717) is 23.7 Å². The van der Waals surface area contributed by atoms with Crippen LogP contribution in [0.1, 0.15) is 307 Å². The topological polar surface area (TPSA) is 105 Å². The molecule has 4 atom stereocenters. The quantitative estimate of drug-likeness (QED) is 0.0317. The van der Waals surface area contributed by atoms with E-state index in [1.54, 1.807) is 19.6 Å². The summed E-state index contributed by atoms with van der Waals surface area (Å²) in [6.07, 6.45) is 55.8. The molecule has 8 heterocycles. The van der Waals surface area contributed by atoms with Crippen molar-refractivity contribution in [1.29, 1.82) is 0 Å². The van der Waals surface area contributed by atoms with Crippen molar-refractivity contribution < 1.29 is 57.5 Å². The average molecular weight is 1720 g/mol. The summed E-state index contributed by atoms with van der Waals surface area (Å²) in [6.45, 7) is 46.6. The molecule has 4 aromatic rings. The van der Waals surface area contributed by atoms with Gasteiger partial charge in [0.2, 0.25) is 0 Å². The third-order valence-corrected chi connectivity index (χ3v) is 29.5. The molecule has 124 heavy (non-hydrogen) atoms. The van der Waals surface area contributed by atoms with Gasteiger partial charge < -0.3 is 77.1 Å². The van der Waals surface area contributed by atoms with Crippen LogP contribution in [0, 0.1) is 23.7 Å². The van der Waals surface area contributed by atoms with Gasteiger partial charge in [-0.25, -0.2) is 0 Å². The molecule has 4 aromatic carbocycles. The molecule has 700 valence electrons. The van der Waals surface area contributed by atoms with Crippen LogP contribution >= 0.6 is 0 Å². The number of benzene rings is 4. The Morgan fingerprint density at radius 1 is 0.210 bits per heavy atom. The van der Waals surface area contributed by atoms with Gasteiger partial charge in [0.15, 0.2) is 46.0 Å². The highest BCUT2D eigenvalue weighted by atomic mass is 16.5. The van der Waals surface area contributed by atoms with Gasteiger partial charge in [-0.15, -0.1) is 0 Å². The molecule has 0 bridgehead atoms. The lowest BCUT2D eigenvalue weighted by Crippen LogP contribution is -3.12. The van der Waals surface area contributed by atoms with Gasteiger partial charge in [0.05, 0.1) is 131 Å². The smallest absolute Gasteiger partial charge is 0.161 e. The van der Waals surface area contributed by atoms with Gasteiger partial charge in [-0.3, -0.25) is 0 Å². The lowest BCUT2D eigenvalue weighted by atomic mass is 9.85. The summed E-state index contributed by atoms with van der Waals surface area (Å²) in [5.41, 5.74) is 5.36. The molecular weight excluding hydrogens is 1540 g/mol. The fourth-order valence-corrected chi connectivity index (χ4v) is 21.0. The van der Waals surface area contributed by atoms with Crippen molar-refractivity contribution in [2.45, 2.75) is 310 Å². The lowest BCUT2D eigenvalue weighted by Gasteiger charge is -2.26. The van der Waals surface area contributed by atoms with Crippen molar-refractivity contribution in [2.75, 3.05) is 210 Å². The Morgan fingerprint density at radius 2 is 0.387 bits per heavy atom. The highest BCUT2D eigenvalue weighted by Crippen LogP contribution is 2.37. The first-order chi connectivity index (χ1) is 61.2. The fraction of sp³-hybridized carbons (Fsp3) is 0.778. The summed E-state index contributed by atoms with van der Waals surface area (Å²) < 4.78 is 52.0. The number of ether oxygens (including phenoxy) is 8. The predicted octanol–water partition coefficient (Wildman–Crippen LogP) is 17.0. The van der Waals surface area contributed by atoms with Crippen LogP contribution in [-0.2, 0) is 25.7 Å². The molecule has 0 spiro atoms. The molecule has 0 aromatic heterocycles. The van der Waals surface area contributed by atoms with Crippen LogP contribution < -0.4 is 57.5 Å². The molecule has 0 radical (unpaired) electrons. The third kappa shape index (κ3) is 39.7. The van der Waals surface area contributed by atoms with Crippen LogP contribution in [0.4, 0.5) is 0 Å². The van der Waals surface area contributed by atoms with Crippen LogP contribution in [0.2, 0.25) is 0 Å². The maximum atomic E-state index is 6.56. The zero-order chi connectivity index (χ0) is 85.7. The first-order valence-electron chi connectivity index (χ1n) is 53.0. The Balaban J connectivity index is 0.000000241. The molecule has 8 aliphatic rings. The highest BCUT2D eigenvalue weighted by molar-refractivity contribution is 5.46. The summed E-state index contributed by atoms with van der Waals surface area (Å²) in [7, 11) is 0. The maximum absolute atomic E-state index is 6.56. The van der Waals surface area contributed by atoms with E-state index in [9.17, 15) is 0 Å². The van der Waals surface area contributed by atoms with E-state index in [1.165, 1.54) is 385 Å².